The van der Waals surface area contributed by atoms with Crippen molar-refractivity contribution < 1.29 is 19.0 Å². The predicted octanol–water partition coefficient (Wildman–Crippen LogP) is 3.65. The summed E-state index contributed by atoms with van der Waals surface area (Å²) in [5, 5.41) is 10.9. The second-order valence-electron chi connectivity index (χ2n) is 6.35. The molecule has 156 valence electrons. The standard InChI is InChI=1S/C22H24N4O4/c1-4-11-30-17-8-5-15(6-9-17)14-23-26-22(27)19-13-18(24-25-19)16-7-10-20(28-2)21(12-16)29-3/h5-10,12-14H,4,11H2,1-3H3,(H,24,25)(H,26,27)/b23-14+. The highest BCUT2D eigenvalue weighted by molar-refractivity contribution is 5.94. The number of nitrogens with zero attached hydrogens (tertiary/aromatic N) is 2. The Kier molecular flexibility index (Phi) is 7.05. The summed E-state index contributed by atoms with van der Waals surface area (Å²) in [4.78, 5) is 12.3. The third-order valence-corrected chi connectivity index (χ3v) is 4.23. The molecule has 0 aliphatic heterocycles. The normalized spacial score (nSPS) is 10.8. The minimum absolute atomic E-state index is 0.292. The van der Waals surface area contributed by atoms with Gasteiger partial charge >= 0.3 is 0 Å². The average molecular weight is 408 g/mol. The quantitative estimate of drug-likeness (QED) is 0.416. The summed E-state index contributed by atoms with van der Waals surface area (Å²) in [6, 6.07) is 14.5. The van der Waals surface area contributed by atoms with E-state index in [0.29, 0.717) is 29.5 Å². The van der Waals surface area contributed by atoms with Gasteiger partial charge in [-0.05, 0) is 60.5 Å². The molecule has 0 aliphatic carbocycles. The summed E-state index contributed by atoms with van der Waals surface area (Å²) in [7, 11) is 3.14. The number of carbonyl (C=O) groups is 1. The van der Waals surface area contributed by atoms with E-state index in [-0.39, 0.29) is 0 Å². The van der Waals surface area contributed by atoms with E-state index in [2.05, 4.69) is 27.6 Å². The van der Waals surface area contributed by atoms with Gasteiger partial charge in [0, 0.05) is 5.56 Å². The number of aromatic nitrogens is 2. The topological polar surface area (TPSA) is 97.8 Å². The molecule has 8 heteroatoms. The number of benzene rings is 2. The van der Waals surface area contributed by atoms with Crippen LogP contribution in [0, 0.1) is 0 Å². The van der Waals surface area contributed by atoms with E-state index in [1.54, 1.807) is 38.6 Å². The lowest BCUT2D eigenvalue weighted by Crippen LogP contribution is -2.17. The minimum atomic E-state index is -0.395. The molecule has 0 spiro atoms. The number of hydrogen-bond donors (Lipinski definition) is 2. The smallest absolute Gasteiger partial charge is 0.289 e. The highest BCUT2D eigenvalue weighted by Crippen LogP contribution is 2.31. The first kappa shape index (κ1) is 20.9. The van der Waals surface area contributed by atoms with E-state index in [9.17, 15) is 4.79 Å². The lowest BCUT2D eigenvalue weighted by molar-refractivity contribution is 0.0950. The first-order valence-electron chi connectivity index (χ1n) is 9.48. The number of carbonyl (C=O) groups excluding carboxylic acids is 1. The molecular weight excluding hydrogens is 384 g/mol. The lowest BCUT2D eigenvalue weighted by Gasteiger charge is -2.08. The molecule has 0 unspecified atom stereocenters. The number of rotatable bonds is 9. The molecule has 1 heterocycles. The fourth-order valence-electron chi connectivity index (χ4n) is 2.68. The Bertz CT molecular complexity index is 1010. The van der Waals surface area contributed by atoms with Crippen molar-refractivity contribution in [3.8, 4) is 28.5 Å². The van der Waals surface area contributed by atoms with E-state index >= 15 is 0 Å². The van der Waals surface area contributed by atoms with Gasteiger partial charge in [0.05, 0.1) is 32.7 Å². The molecular formula is C22H24N4O4. The number of H-pyrrole nitrogens is 1. The molecule has 0 saturated heterocycles. The lowest BCUT2D eigenvalue weighted by atomic mass is 10.1. The SMILES string of the molecule is CCCOc1ccc(/C=N/NC(=O)c2cc(-c3ccc(OC)c(OC)c3)n[nH]2)cc1. The van der Waals surface area contributed by atoms with Gasteiger partial charge in [-0.2, -0.15) is 10.2 Å². The van der Waals surface area contributed by atoms with Crippen molar-refractivity contribution in [2.75, 3.05) is 20.8 Å². The Balaban J connectivity index is 1.62. The Labute approximate surface area is 174 Å². The molecule has 1 aromatic heterocycles. The van der Waals surface area contributed by atoms with Crippen LogP contribution in [0.5, 0.6) is 17.2 Å². The van der Waals surface area contributed by atoms with Gasteiger partial charge in [-0.15, -0.1) is 0 Å². The molecule has 3 aromatic rings. The van der Waals surface area contributed by atoms with Gasteiger partial charge in [0.1, 0.15) is 11.4 Å². The molecule has 0 aliphatic rings. The van der Waals surface area contributed by atoms with Crippen LogP contribution in [-0.2, 0) is 0 Å². The molecule has 3 rings (SSSR count). The van der Waals surface area contributed by atoms with Gasteiger partial charge in [-0.25, -0.2) is 5.43 Å². The zero-order valence-electron chi connectivity index (χ0n) is 17.1. The number of hydrazone groups is 1. The van der Waals surface area contributed by atoms with Crippen LogP contribution in [0.1, 0.15) is 29.4 Å². The van der Waals surface area contributed by atoms with E-state index in [1.807, 2.05) is 30.3 Å². The van der Waals surface area contributed by atoms with Gasteiger partial charge in [-0.1, -0.05) is 6.92 Å². The Morgan fingerprint density at radius 2 is 1.87 bits per heavy atom. The van der Waals surface area contributed by atoms with Crippen LogP contribution in [0.4, 0.5) is 0 Å². The molecule has 0 atom stereocenters. The summed E-state index contributed by atoms with van der Waals surface area (Å²) in [5.41, 5.74) is 5.01. The maximum absolute atomic E-state index is 12.3. The summed E-state index contributed by atoms with van der Waals surface area (Å²) in [6.07, 6.45) is 2.52. The van der Waals surface area contributed by atoms with Gasteiger partial charge in [0.2, 0.25) is 0 Å². The highest BCUT2D eigenvalue weighted by Gasteiger charge is 2.12. The summed E-state index contributed by atoms with van der Waals surface area (Å²) in [6.45, 7) is 2.74. The third-order valence-electron chi connectivity index (χ3n) is 4.23. The largest absolute Gasteiger partial charge is 0.494 e. The first-order chi connectivity index (χ1) is 14.6. The van der Waals surface area contributed by atoms with Crippen molar-refractivity contribution >= 4 is 12.1 Å². The van der Waals surface area contributed by atoms with Crippen LogP contribution >= 0.6 is 0 Å². The second kappa shape index (κ2) is 10.1. The van der Waals surface area contributed by atoms with Crippen LogP contribution < -0.4 is 19.6 Å². The van der Waals surface area contributed by atoms with Crippen LogP contribution in [-0.4, -0.2) is 43.1 Å². The zero-order valence-corrected chi connectivity index (χ0v) is 17.1. The Morgan fingerprint density at radius 1 is 1.10 bits per heavy atom. The van der Waals surface area contributed by atoms with Crippen LogP contribution in [0.15, 0.2) is 53.6 Å². The maximum Gasteiger partial charge on any atom is 0.289 e. The molecule has 0 radical (unpaired) electrons. The number of nitrogens with one attached hydrogen (secondary N) is 2. The fourth-order valence-corrected chi connectivity index (χ4v) is 2.68. The van der Waals surface area contributed by atoms with Crippen LogP contribution in [0.25, 0.3) is 11.3 Å². The van der Waals surface area contributed by atoms with Crippen molar-refractivity contribution in [1.29, 1.82) is 0 Å². The van der Waals surface area contributed by atoms with E-state index in [4.69, 9.17) is 14.2 Å². The Morgan fingerprint density at radius 3 is 2.57 bits per heavy atom. The summed E-state index contributed by atoms with van der Waals surface area (Å²) < 4.78 is 16.1. The molecule has 2 N–H and O–H groups in total. The fraction of sp³-hybridized carbons (Fsp3) is 0.227. The molecule has 0 bridgehead atoms. The predicted molar refractivity (Wildman–Crippen MR) is 114 cm³/mol. The molecule has 2 aromatic carbocycles. The number of ether oxygens (including phenoxy) is 3. The van der Waals surface area contributed by atoms with Crippen LogP contribution in [0.3, 0.4) is 0 Å². The van der Waals surface area contributed by atoms with Gasteiger partial charge in [0.15, 0.2) is 11.5 Å². The number of aromatic amines is 1. The average Bonchev–Trinajstić information content (AvgIpc) is 3.28. The van der Waals surface area contributed by atoms with Gasteiger partial charge < -0.3 is 14.2 Å². The number of methoxy groups -OCH3 is 2. The summed E-state index contributed by atoms with van der Waals surface area (Å²) >= 11 is 0. The number of amides is 1. The van der Waals surface area contributed by atoms with E-state index < -0.39 is 5.91 Å². The van der Waals surface area contributed by atoms with Crippen molar-refractivity contribution in [3.63, 3.8) is 0 Å². The minimum Gasteiger partial charge on any atom is -0.494 e. The molecule has 8 nitrogen and oxygen atoms in total. The molecule has 0 fully saturated rings. The van der Waals surface area contributed by atoms with Gasteiger partial charge in [0.25, 0.3) is 5.91 Å². The maximum atomic E-state index is 12.3. The Hall–Kier alpha value is -3.81. The summed E-state index contributed by atoms with van der Waals surface area (Å²) in [5.74, 6) is 1.61. The van der Waals surface area contributed by atoms with Crippen molar-refractivity contribution in [2.45, 2.75) is 13.3 Å². The molecule has 0 saturated carbocycles. The molecule has 30 heavy (non-hydrogen) atoms. The van der Waals surface area contributed by atoms with Gasteiger partial charge in [-0.3, -0.25) is 9.89 Å². The second-order valence-corrected chi connectivity index (χ2v) is 6.35. The van der Waals surface area contributed by atoms with E-state index in [0.717, 1.165) is 23.3 Å². The zero-order chi connectivity index (χ0) is 21.3. The van der Waals surface area contributed by atoms with Crippen molar-refractivity contribution in [1.82, 2.24) is 15.6 Å². The number of hydrogen-bond acceptors (Lipinski definition) is 6. The first-order valence-corrected chi connectivity index (χ1v) is 9.48. The van der Waals surface area contributed by atoms with Crippen molar-refractivity contribution in [3.05, 3.63) is 59.8 Å². The molecule has 1 amide bonds. The third kappa shape index (κ3) is 5.16. The highest BCUT2D eigenvalue weighted by atomic mass is 16.5. The van der Waals surface area contributed by atoms with Crippen LogP contribution in [0.2, 0.25) is 0 Å². The van der Waals surface area contributed by atoms with E-state index in [1.165, 1.54) is 0 Å². The van der Waals surface area contributed by atoms with Crippen molar-refractivity contribution in [2.24, 2.45) is 5.10 Å². The monoisotopic (exact) mass is 408 g/mol.